The molecule has 1 aromatic heterocycles. The summed E-state index contributed by atoms with van der Waals surface area (Å²) in [5.74, 6) is 1.60. The number of methoxy groups -OCH3 is 2. The molecule has 20 heavy (non-hydrogen) atoms. The standard InChI is InChI=1S/C16H17NO3/c1-19-15-7-5-8-16(20-2)12(15)9-10-14(18)13-6-3-4-11-17-13/h3-8,10-11,18H,9H2,1-2H3/b14-10+. The van der Waals surface area contributed by atoms with E-state index in [9.17, 15) is 5.11 Å². The van der Waals surface area contributed by atoms with Gasteiger partial charge in [0.1, 0.15) is 23.0 Å². The minimum Gasteiger partial charge on any atom is -0.506 e. The van der Waals surface area contributed by atoms with Crippen LogP contribution in [-0.4, -0.2) is 24.3 Å². The lowest BCUT2D eigenvalue weighted by Crippen LogP contribution is -1.96. The molecule has 2 rings (SSSR count). The van der Waals surface area contributed by atoms with Gasteiger partial charge in [-0.1, -0.05) is 12.1 Å². The van der Waals surface area contributed by atoms with E-state index in [4.69, 9.17) is 9.47 Å². The van der Waals surface area contributed by atoms with Gasteiger partial charge in [-0.2, -0.15) is 0 Å². The van der Waals surface area contributed by atoms with E-state index in [0.717, 1.165) is 17.1 Å². The van der Waals surface area contributed by atoms with E-state index >= 15 is 0 Å². The zero-order chi connectivity index (χ0) is 14.4. The minimum absolute atomic E-state index is 0.138. The summed E-state index contributed by atoms with van der Waals surface area (Å²) in [4.78, 5) is 4.10. The van der Waals surface area contributed by atoms with Crippen LogP contribution in [0.3, 0.4) is 0 Å². The van der Waals surface area contributed by atoms with Crippen LogP contribution in [0.1, 0.15) is 11.3 Å². The van der Waals surface area contributed by atoms with E-state index in [1.165, 1.54) is 0 Å². The van der Waals surface area contributed by atoms with Crippen LogP contribution in [0.5, 0.6) is 11.5 Å². The predicted octanol–water partition coefficient (Wildman–Crippen LogP) is 3.24. The Bertz CT molecular complexity index is 572. The first-order valence-electron chi connectivity index (χ1n) is 6.26. The van der Waals surface area contributed by atoms with Crippen molar-refractivity contribution in [2.24, 2.45) is 0 Å². The third kappa shape index (κ3) is 3.09. The number of aliphatic hydroxyl groups excluding tert-OH is 1. The Labute approximate surface area is 118 Å². The molecule has 2 aromatic rings. The van der Waals surface area contributed by atoms with Crippen LogP contribution < -0.4 is 9.47 Å². The maximum Gasteiger partial charge on any atom is 0.137 e. The molecule has 0 spiro atoms. The summed E-state index contributed by atoms with van der Waals surface area (Å²) in [6.07, 6.45) is 3.83. The maximum absolute atomic E-state index is 10.0. The van der Waals surface area contributed by atoms with Gasteiger partial charge in [-0.25, -0.2) is 0 Å². The van der Waals surface area contributed by atoms with Gasteiger partial charge < -0.3 is 14.6 Å². The highest BCUT2D eigenvalue weighted by Gasteiger charge is 2.09. The van der Waals surface area contributed by atoms with Crippen LogP contribution in [0.25, 0.3) is 5.76 Å². The van der Waals surface area contributed by atoms with Crippen LogP contribution >= 0.6 is 0 Å². The Balaban J connectivity index is 2.26. The molecular formula is C16H17NO3. The Morgan fingerprint density at radius 2 is 1.80 bits per heavy atom. The number of pyridine rings is 1. The second kappa shape index (κ2) is 6.61. The van der Waals surface area contributed by atoms with Gasteiger partial charge in [-0.3, -0.25) is 4.98 Å². The minimum atomic E-state index is 0.138. The molecule has 0 atom stereocenters. The van der Waals surface area contributed by atoms with E-state index in [1.54, 1.807) is 38.6 Å². The van der Waals surface area contributed by atoms with Gasteiger partial charge in [-0.15, -0.1) is 0 Å². The third-order valence-electron chi connectivity index (χ3n) is 2.96. The monoisotopic (exact) mass is 271 g/mol. The van der Waals surface area contributed by atoms with Crippen molar-refractivity contribution >= 4 is 5.76 Å². The summed E-state index contributed by atoms with van der Waals surface area (Å²) in [5.41, 5.74) is 1.43. The van der Waals surface area contributed by atoms with Crippen LogP contribution in [0, 0.1) is 0 Å². The third-order valence-corrected chi connectivity index (χ3v) is 2.96. The molecule has 1 aromatic carbocycles. The molecular weight excluding hydrogens is 254 g/mol. The summed E-state index contributed by atoms with van der Waals surface area (Å²) in [6.45, 7) is 0. The van der Waals surface area contributed by atoms with Crippen molar-refractivity contribution in [3.8, 4) is 11.5 Å². The molecule has 0 bridgehead atoms. The van der Waals surface area contributed by atoms with Gasteiger partial charge in [0.25, 0.3) is 0 Å². The summed E-state index contributed by atoms with van der Waals surface area (Å²) in [5, 5.41) is 10.0. The van der Waals surface area contributed by atoms with Crippen molar-refractivity contribution in [1.82, 2.24) is 4.98 Å². The Hall–Kier alpha value is -2.49. The lowest BCUT2D eigenvalue weighted by atomic mass is 10.1. The number of nitrogens with zero attached hydrogens (tertiary/aromatic N) is 1. The van der Waals surface area contributed by atoms with Gasteiger partial charge >= 0.3 is 0 Å². The van der Waals surface area contributed by atoms with E-state index in [2.05, 4.69) is 4.98 Å². The predicted molar refractivity (Wildman–Crippen MR) is 78.1 cm³/mol. The largest absolute Gasteiger partial charge is 0.506 e. The molecule has 4 heteroatoms. The molecule has 0 amide bonds. The quantitative estimate of drug-likeness (QED) is 0.848. The molecule has 0 saturated heterocycles. The zero-order valence-corrected chi connectivity index (χ0v) is 11.5. The number of hydrogen-bond acceptors (Lipinski definition) is 4. The first-order chi connectivity index (χ1) is 9.76. The first kappa shape index (κ1) is 13.9. The number of ether oxygens (including phenoxy) is 2. The average molecular weight is 271 g/mol. The summed E-state index contributed by atoms with van der Waals surface area (Å²) in [6, 6.07) is 11.0. The number of benzene rings is 1. The van der Waals surface area contributed by atoms with E-state index < -0.39 is 0 Å². The van der Waals surface area contributed by atoms with Crippen LogP contribution in [0.2, 0.25) is 0 Å². The maximum atomic E-state index is 10.0. The van der Waals surface area contributed by atoms with Crippen molar-refractivity contribution in [3.05, 3.63) is 59.9 Å². The van der Waals surface area contributed by atoms with Crippen LogP contribution in [0.15, 0.2) is 48.7 Å². The van der Waals surface area contributed by atoms with Crippen molar-refractivity contribution in [1.29, 1.82) is 0 Å². The molecule has 0 aliphatic rings. The lowest BCUT2D eigenvalue weighted by Gasteiger charge is -2.11. The van der Waals surface area contributed by atoms with E-state index in [0.29, 0.717) is 12.1 Å². The topological polar surface area (TPSA) is 51.6 Å². The van der Waals surface area contributed by atoms with Gasteiger partial charge in [0.05, 0.1) is 14.2 Å². The van der Waals surface area contributed by atoms with E-state index in [-0.39, 0.29) is 5.76 Å². The van der Waals surface area contributed by atoms with Gasteiger partial charge in [0.15, 0.2) is 0 Å². The fourth-order valence-corrected chi connectivity index (χ4v) is 1.95. The molecule has 104 valence electrons. The molecule has 0 radical (unpaired) electrons. The highest BCUT2D eigenvalue weighted by Crippen LogP contribution is 2.29. The SMILES string of the molecule is COc1cccc(OC)c1C/C=C(/O)c1ccccn1. The van der Waals surface area contributed by atoms with Crippen molar-refractivity contribution < 1.29 is 14.6 Å². The number of hydrogen-bond donors (Lipinski definition) is 1. The van der Waals surface area contributed by atoms with Gasteiger partial charge in [0.2, 0.25) is 0 Å². The van der Waals surface area contributed by atoms with Crippen molar-refractivity contribution in [3.63, 3.8) is 0 Å². The molecule has 0 aliphatic carbocycles. The molecule has 4 nitrogen and oxygen atoms in total. The zero-order valence-electron chi connectivity index (χ0n) is 11.5. The van der Waals surface area contributed by atoms with Crippen LogP contribution in [0.4, 0.5) is 0 Å². The average Bonchev–Trinajstić information content (AvgIpc) is 2.52. The Morgan fingerprint density at radius 3 is 2.35 bits per heavy atom. The molecule has 0 unspecified atom stereocenters. The van der Waals surface area contributed by atoms with Gasteiger partial charge in [-0.05, 0) is 30.3 Å². The Morgan fingerprint density at radius 1 is 1.10 bits per heavy atom. The summed E-state index contributed by atoms with van der Waals surface area (Å²) < 4.78 is 10.6. The highest BCUT2D eigenvalue weighted by atomic mass is 16.5. The first-order valence-corrected chi connectivity index (χ1v) is 6.26. The lowest BCUT2D eigenvalue weighted by molar-refractivity contribution is 0.387. The molecule has 0 saturated carbocycles. The number of aromatic nitrogens is 1. The smallest absolute Gasteiger partial charge is 0.137 e. The highest BCUT2D eigenvalue weighted by molar-refractivity contribution is 5.56. The van der Waals surface area contributed by atoms with Crippen LogP contribution in [-0.2, 0) is 6.42 Å². The normalized spacial score (nSPS) is 11.2. The van der Waals surface area contributed by atoms with Crippen molar-refractivity contribution in [2.75, 3.05) is 14.2 Å². The Kier molecular flexibility index (Phi) is 4.60. The molecule has 1 N–H and O–H groups in total. The fraction of sp³-hybridized carbons (Fsp3) is 0.188. The molecule has 1 heterocycles. The second-order valence-electron chi connectivity index (χ2n) is 4.15. The number of aliphatic hydroxyl groups is 1. The summed E-state index contributed by atoms with van der Waals surface area (Å²) in [7, 11) is 3.22. The number of rotatable bonds is 5. The number of allylic oxidation sites excluding steroid dienone is 1. The van der Waals surface area contributed by atoms with Crippen molar-refractivity contribution in [2.45, 2.75) is 6.42 Å². The van der Waals surface area contributed by atoms with Gasteiger partial charge in [0, 0.05) is 18.2 Å². The second-order valence-corrected chi connectivity index (χ2v) is 4.15. The molecule has 0 fully saturated rings. The summed E-state index contributed by atoms with van der Waals surface area (Å²) >= 11 is 0. The molecule has 0 aliphatic heterocycles. The van der Waals surface area contributed by atoms with E-state index in [1.807, 2.05) is 24.3 Å². The fourth-order valence-electron chi connectivity index (χ4n) is 1.95.